The molecule has 1 aliphatic rings. The van der Waals surface area contributed by atoms with Crippen molar-refractivity contribution in [2.45, 2.75) is 66.3 Å². The minimum atomic E-state index is 0.0543. The first kappa shape index (κ1) is 32.4. The summed E-state index contributed by atoms with van der Waals surface area (Å²) in [6, 6.07) is 20.9. The van der Waals surface area contributed by atoms with Gasteiger partial charge in [-0.25, -0.2) is 0 Å². The van der Waals surface area contributed by atoms with E-state index in [0.29, 0.717) is 0 Å². The summed E-state index contributed by atoms with van der Waals surface area (Å²) in [4.78, 5) is 19.2. The number of nitrogens with zero attached hydrogens (tertiary/aromatic N) is 2. The van der Waals surface area contributed by atoms with Crippen LogP contribution in [0.15, 0.2) is 107 Å². The van der Waals surface area contributed by atoms with Crippen molar-refractivity contribution >= 4 is 28.9 Å². The summed E-state index contributed by atoms with van der Waals surface area (Å²) in [5, 5.41) is 2.12. The number of para-hydroxylation sites is 1. The highest BCUT2D eigenvalue weighted by Gasteiger charge is 2.17. The van der Waals surface area contributed by atoms with Gasteiger partial charge < -0.3 is 4.90 Å². The first-order valence-electron chi connectivity index (χ1n) is 15.7. The van der Waals surface area contributed by atoms with E-state index in [4.69, 9.17) is 0 Å². The largest absolute Gasteiger partial charge is 0.369 e. The molecule has 0 aliphatic carbocycles. The maximum absolute atomic E-state index is 12.9. The van der Waals surface area contributed by atoms with Gasteiger partial charge in [0.15, 0.2) is 5.78 Å². The van der Waals surface area contributed by atoms with E-state index in [1.54, 1.807) is 17.4 Å². The van der Waals surface area contributed by atoms with Gasteiger partial charge in [0.05, 0.1) is 0 Å². The number of allylic oxidation sites excluding steroid dienone is 7. The molecule has 0 bridgehead atoms. The Morgan fingerprint density at radius 3 is 2.16 bits per heavy atom. The van der Waals surface area contributed by atoms with Gasteiger partial charge >= 0.3 is 0 Å². The van der Waals surface area contributed by atoms with Crippen molar-refractivity contribution in [1.82, 2.24) is 4.90 Å². The Hall–Kier alpha value is -3.47. The van der Waals surface area contributed by atoms with Crippen LogP contribution in [0.3, 0.4) is 0 Å². The monoisotopic (exact) mass is 592 g/mol. The van der Waals surface area contributed by atoms with Crippen molar-refractivity contribution in [3.63, 3.8) is 0 Å². The summed E-state index contributed by atoms with van der Waals surface area (Å²) < 4.78 is 0. The molecule has 3 aromatic rings. The molecule has 2 aromatic carbocycles. The van der Waals surface area contributed by atoms with E-state index in [-0.39, 0.29) is 5.78 Å². The van der Waals surface area contributed by atoms with Crippen molar-refractivity contribution < 1.29 is 4.79 Å². The molecular formula is C39H48N2OS. The Morgan fingerprint density at radius 1 is 0.791 bits per heavy atom. The lowest BCUT2D eigenvalue weighted by molar-refractivity contribution is 0.104. The van der Waals surface area contributed by atoms with Crippen molar-refractivity contribution in [2.24, 2.45) is 0 Å². The summed E-state index contributed by atoms with van der Waals surface area (Å²) in [7, 11) is 0. The number of anilines is 1. The zero-order valence-corrected chi connectivity index (χ0v) is 27.3. The quantitative estimate of drug-likeness (QED) is 0.106. The second-order valence-corrected chi connectivity index (χ2v) is 13.0. The highest BCUT2D eigenvalue weighted by molar-refractivity contribution is 7.10. The maximum atomic E-state index is 12.9. The van der Waals surface area contributed by atoms with Gasteiger partial charge in [-0.15, -0.1) is 11.3 Å². The van der Waals surface area contributed by atoms with E-state index in [1.807, 2.05) is 18.2 Å². The zero-order chi connectivity index (χ0) is 30.4. The van der Waals surface area contributed by atoms with Crippen molar-refractivity contribution in [2.75, 3.05) is 31.1 Å². The molecule has 43 heavy (non-hydrogen) atoms. The minimum absolute atomic E-state index is 0.0543. The van der Waals surface area contributed by atoms with Crippen LogP contribution in [0.2, 0.25) is 0 Å². The lowest BCUT2D eigenvalue weighted by Gasteiger charge is -2.36. The van der Waals surface area contributed by atoms with Crippen LogP contribution in [-0.2, 0) is 13.0 Å². The fourth-order valence-corrected chi connectivity index (χ4v) is 6.20. The number of carbonyl (C=O) groups excluding carboxylic acids is 1. The summed E-state index contributed by atoms with van der Waals surface area (Å²) >= 11 is 1.76. The number of carbonyl (C=O) groups is 1. The molecule has 0 unspecified atom stereocenters. The highest BCUT2D eigenvalue weighted by atomic mass is 32.1. The molecule has 226 valence electrons. The van der Waals surface area contributed by atoms with Gasteiger partial charge in [0.2, 0.25) is 0 Å². The molecule has 0 spiro atoms. The highest BCUT2D eigenvalue weighted by Crippen LogP contribution is 2.22. The van der Waals surface area contributed by atoms with Crippen LogP contribution in [0.4, 0.5) is 5.69 Å². The van der Waals surface area contributed by atoms with Crippen LogP contribution in [0.25, 0.3) is 6.08 Å². The molecule has 0 atom stereocenters. The van der Waals surface area contributed by atoms with E-state index in [1.165, 1.54) is 32.8 Å². The van der Waals surface area contributed by atoms with Crippen molar-refractivity contribution in [3.8, 4) is 0 Å². The number of piperazine rings is 1. The first-order valence-corrected chi connectivity index (χ1v) is 16.6. The Labute approximate surface area is 263 Å². The third-order valence-corrected chi connectivity index (χ3v) is 9.05. The third-order valence-electron chi connectivity index (χ3n) is 8.09. The molecule has 0 radical (unpaired) electrons. The molecule has 0 amide bonds. The van der Waals surface area contributed by atoms with Crippen LogP contribution in [0, 0.1) is 0 Å². The van der Waals surface area contributed by atoms with Crippen LogP contribution in [-0.4, -0.2) is 36.9 Å². The molecule has 1 aliphatic heterocycles. The topological polar surface area (TPSA) is 23.6 Å². The smallest absolute Gasteiger partial charge is 0.185 e. The second kappa shape index (κ2) is 17.0. The molecule has 1 aromatic heterocycles. The van der Waals surface area contributed by atoms with Gasteiger partial charge in [-0.2, -0.15) is 0 Å². The molecule has 3 nitrogen and oxygen atoms in total. The number of thiophene rings is 1. The van der Waals surface area contributed by atoms with E-state index in [9.17, 15) is 4.79 Å². The fourth-order valence-electron chi connectivity index (χ4n) is 5.37. The normalized spacial score (nSPS) is 14.8. The molecule has 4 rings (SSSR count). The molecule has 1 fully saturated rings. The Kier molecular flexibility index (Phi) is 12.8. The molecule has 4 heteroatoms. The lowest BCUT2D eigenvalue weighted by Crippen LogP contribution is -2.45. The standard InChI is InChI=1S/C39H48N2OS/c1-31(2)10-8-11-32(3)12-9-13-33(4)16-23-39-36(24-29-43-39)21-22-38(42)35-19-17-34(18-20-35)30-40-25-27-41(28-26-40)37-14-6-5-7-15-37/h5-7,10,12,14-22,24,29H,8-9,11,13,23,25-28,30H2,1-4H3/b22-21+,32-12?,33-16?. The average Bonchev–Trinajstić information content (AvgIpc) is 3.47. The molecule has 1 saturated heterocycles. The maximum Gasteiger partial charge on any atom is 0.185 e. The minimum Gasteiger partial charge on any atom is -0.369 e. The van der Waals surface area contributed by atoms with Crippen LogP contribution in [0.1, 0.15) is 79.7 Å². The van der Waals surface area contributed by atoms with Gasteiger partial charge in [-0.1, -0.05) is 77.4 Å². The zero-order valence-electron chi connectivity index (χ0n) is 26.5. The Morgan fingerprint density at radius 2 is 1.47 bits per heavy atom. The van der Waals surface area contributed by atoms with E-state index >= 15 is 0 Å². The summed E-state index contributed by atoms with van der Waals surface area (Å²) in [5.41, 5.74) is 8.74. The number of benzene rings is 2. The molecule has 2 heterocycles. The fraction of sp³-hybridized carbons (Fsp3) is 0.359. The van der Waals surface area contributed by atoms with E-state index in [0.717, 1.165) is 76.0 Å². The second-order valence-electron chi connectivity index (χ2n) is 12.0. The van der Waals surface area contributed by atoms with Crippen LogP contribution < -0.4 is 4.90 Å². The Balaban J connectivity index is 1.22. The van der Waals surface area contributed by atoms with Crippen molar-refractivity contribution in [1.29, 1.82) is 0 Å². The molecule has 0 saturated carbocycles. The number of hydrogen-bond acceptors (Lipinski definition) is 4. The van der Waals surface area contributed by atoms with Gasteiger partial charge in [0.1, 0.15) is 0 Å². The van der Waals surface area contributed by atoms with Gasteiger partial charge in [0, 0.05) is 55.3 Å². The lowest BCUT2D eigenvalue weighted by atomic mass is 10.0. The predicted octanol–water partition coefficient (Wildman–Crippen LogP) is 9.93. The SMILES string of the molecule is CC(C)=CCCC(C)=CCCC(C)=CCc1sccc1/C=C/C(=O)c1ccc(CN2CCN(c3ccccc3)CC2)cc1. The average molecular weight is 593 g/mol. The van der Waals surface area contributed by atoms with Gasteiger partial charge in [-0.3, -0.25) is 9.69 Å². The third kappa shape index (κ3) is 10.9. The Bertz CT molecular complexity index is 1410. The van der Waals surface area contributed by atoms with Gasteiger partial charge in [0.25, 0.3) is 0 Å². The summed E-state index contributed by atoms with van der Waals surface area (Å²) in [6.45, 7) is 13.9. The predicted molar refractivity (Wildman–Crippen MR) is 187 cm³/mol. The van der Waals surface area contributed by atoms with Crippen LogP contribution >= 0.6 is 11.3 Å². The van der Waals surface area contributed by atoms with Crippen molar-refractivity contribution in [3.05, 3.63) is 129 Å². The van der Waals surface area contributed by atoms with Crippen LogP contribution in [0.5, 0.6) is 0 Å². The van der Waals surface area contributed by atoms with Gasteiger partial charge in [-0.05, 0) is 100 Å². The summed E-state index contributed by atoms with van der Waals surface area (Å²) in [5.74, 6) is 0.0543. The number of ketones is 1. The molecular weight excluding hydrogens is 545 g/mol. The van der Waals surface area contributed by atoms with E-state index < -0.39 is 0 Å². The van der Waals surface area contributed by atoms with E-state index in [2.05, 4.69) is 110 Å². The molecule has 0 N–H and O–H groups in total. The number of hydrogen-bond donors (Lipinski definition) is 0. The summed E-state index contributed by atoms with van der Waals surface area (Å²) in [6.07, 6.45) is 16.1. The number of rotatable bonds is 14. The first-order chi connectivity index (χ1) is 20.9.